The van der Waals surface area contributed by atoms with Crippen LogP contribution in [0, 0.1) is 0 Å². The average Bonchev–Trinajstić information content (AvgIpc) is 3.47. The van der Waals surface area contributed by atoms with Gasteiger partial charge in [-0.15, -0.1) is 0 Å². The Labute approximate surface area is 222 Å². The highest BCUT2D eigenvalue weighted by atomic mass is 16.7. The van der Waals surface area contributed by atoms with E-state index in [0.717, 1.165) is 53.4 Å². The van der Waals surface area contributed by atoms with Gasteiger partial charge in [-0.1, -0.05) is 18.2 Å². The second kappa shape index (κ2) is 8.32. The zero-order chi connectivity index (χ0) is 26.2. The van der Waals surface area contributed by atoms with Crippen LogP contribution >= 0.6 is 0 Å². The number of methoxy groups -OCH3 is 1. The van der Waals surface area contributed by atoms with E-state index in [-0.39, 0.29) is 24.4 Å². The molecule has 9 nitrogen and oxygen atoms in total. The number of aryl methyl sites for hydroxylation is 1. The molecule has 0 amide bonds. The van der Waals surface area contributed by atoms with Crippen molar-refractivity contribution in [1.82, 2.24) is 29.7 Å². The van der Waals surface area contributed by atoms with Crippen LogP contribution in [0.2, 0.25) is 0 Å². The van der Waals surface area contributed by atoms with Crippen molar-refractivity contribution in [2.24, 2.45) is 0 Å². The summed E-state index contributed by atoms with van der Waals surface area (Å²) >= 11 is 0. The van der Waals surface area contributed by atoms with Gasteiger partial charge in [-0.2, -0.15) is 5.10 Å². The number of rotatable bonds is 5. The molecule has 1 aromatic carbocycles. The van der Waals surface area contributed by atoms with E-state index in [4.69, 9.17) is 24.1 Å². The van der Waals surface area contributed by atoms with Crippen LogP contribution in [0.15, 0.2) is 36.9 Å². The van der Waals surface area contributed by atoms with Crippen molar-refractivity contribution in [3.05, 3.63) is 53.7 Å². The molecule has 1 saturated carbocycles. The number of benzene rings is 1. The van der Waals surface area contributed by atoms with Gasteiger partial charge in [-0.05, 0) is 70.0 Å². The molecule has 2 fully saturated rings. The highest BCUT2D eigenvalue weighted by molar-refractivity contribution is 6.62. The predicted molar refractivity (Wildman–Crippen MR) is 143 cm³/mol. The predicted octanol–water partition coefficient (Wildman–Crippen LogP) is 4.00. The quantitative estimate of drug-likeness (QED) is 0.372. The van der Waals surface area contributed by atoms with E-state index >= 15 is 0 Å². The van der Waals surface area contributed by atoms with Crippen molar-refractivity contribution >= 4 is 23.6 Å². The van der Waals surface area contributed by atoms with E-state index in [1.165, 1.54) is 11.1 Å². The molecule has 0 N–H and O–H groups in total. The largest absolute Gasteiger partial charge is 0.494 e. The Morgan fingerprint density at radius 1 is 1.00 bits per heavy atom. The van der Waals surface area contributed by atoms with E-state index in [1.54, 1.807) is 13.4 Å². The molecule has 1 unspecified atom stereocenters. The third-order valence-corrected chi connectivity index (χ3v) is 8.59. The smallest absolute Gasteiger partial charge is 0.480 e. The third-order valence-electron chi connectivity index (χ3n) is 8.59. The highest BCUT2D eigenvalue weighted by Gasteiger charge is 2.51. The first-order chi connectivity index (χ1) is 18.3. The lowest BCUT2D eigenvalue weighted by Crippen LogP contribution is -2.41. The normalized spacial score (nSPS) is 21.7. The minimum Gasteiger partial charge on any atom is -0.480 e. The second-order valence-corrected chi connectivity index (χ2v) is 11.6. The maximum Gasteiger partial charge on any atom is 0.494 e. The molecule has 3 aromatic heterocycles. The number of hydrogen-bond acceptors (Lipinski definition) is 8. The van der Waals surface area contributed by atoms with Gasteiger partial charge in [0.15, 0.2) is 11.5 Å². The van der Waals surface area contributed by atoms with Crippen molar-refractivity contribution in [2.75, 3.05) is 7.11 Å². The van der Waals surface area contributed by atoms with Crippen LogP contribution in [0.25, 0.3) is 22.4 Å². The van der Waals surface area contributed by atoms with Crippen molar-refractivity contribution in [3.63, 3.8) is 0 Å². The molecule has 7 rings (SSSR count). The molecule has 194 valence electrons. The summed E-state index contributed by atoms with van der Waals surface area (Å²) in [6, 6.07) is 6.65. The SMILES string of the molecule is COc1ncnc(C2CC2)c1-c1ncc2cnn(C3CCc4cc(B5OC(C)(C)C(C)(C)O5)ccc43)c2n1. The second-order valence-electron chi connectivity index (χ2n) is 11.6. The molecule has 0 spiro atoms. The lowest BCUT2D eigenvalue weighted by Gasteiger charge is -2.32. The lowest BCUT2D eigenvalue weighted by molar-refractivity contribution is 0.00578. The van der Waals surface area contributed by atoms with Gasteiger partial charge >= 0.3 is 7.12 Å². The summed E-state index contributed by atoms with van der Waals surface area (Å²) < 4.78 is 20.2. The van der Waals surface area contributed by atoms with Crippen LogP contribution in [-0.2, 0) is 15.7 Å². The minimum absolute atomic E-state index is 0.0921. The molecule has 4 heterocycles. The summed E-state index contributed by atoms with van der Waals surface area (Å²) in [5.74, 6) is 1.49. The monoisotopic (exact) mass is 510 g/mol. The summed E-state index contributed by atoms with van der Waals surface area (Å²) in [5, 5.41) is 5.67. The van der Waals surface area contributed by atoms with E-state index in [9.17, 15) is 0 Å². The standard InChI is InChI=1S/C28H31BN6O3/c1-27(2)28(3,4)38-29(37-27)19-9-10-20-17(12-19)8-11-21(20)35-25-18(14-33-35)13-30-24(34-25)22-23(16-6-7-16)31-15-32-26(22)36-5/h9-10,12-16,21H,6-8,11H2,1-5H3. The maximum atomic E-state index is 6.29. The van der Waals surface area contributed by atoms with Crippen LogP contribution in [0.1, 0.15) is 75.7 Å². The number of hydrogen-bond donors (Lipinski definition) is 0. The minimum atomic E-state index is -0.367. The lowest BCUT2D eigenvalue weighted by atomic mass is 9.78. The van der Waals surface area contributed by atoms with Crippen LogP contribution in [0.3, 0.4) is 0 Å². The van der Waals surface area contributed by atoms with Gasteiger partial charge in [0, 0.05) is 12.1 Å². The van der Waals surface area contributed by atoms with Crippen LogP contribution < -0.4 is 10.2 Å². The summed E-state index contributed by atoms with van der Waals surface area (Å²) in [5.41, 5.74) is 5.43. The van der Waals surface area contributed by atoms with Crippen LogP contribution in [0.4, 0.5) is 0 Å². The molecule has 0 radical (unpaired) electrons. The summed E-state index contributed by atoms with van der Waals surface area (Å²) in [6.45, 7) is 8.33. The van der Waals surface area contributed by atoms with Gasteiger partial charge in [-0.3, -0.25) is 0 Å². The Morgan fingerprint density at radius 2 is 1.79 bits per heavy atom. The molecular weight excluding hydrogens is 479 g/mol. The molecule has 3 aliphatic rings. The Balaban J connectivity index is 1.25. The van der Waals surface area contributed by atoms with Crippen LogP contribution in [-0.4, -0.2) is 55.1 Å². The first-order valence-electron chi connectivity index (χ1n) is 13.3. The molecule has 1 aliphatic heterocycles. The Hall–Kier alpha value is -3.37. The number of fused-ring (bicyclic) bond motifs is 2. The van der Waals surface area contributed by atoms with Crippen molar-refractivity contribution in [1.29, 1.82) is 0 Å². The van der Waals surface area contributed by atoms with Crippen LogP contribution in [0.5, 0.6) is 5.88 Å². The molecule has 0 bridgehead atoms. The molecular formula is C28H31BN6O3. The summed E-state index contributed by atoms with van der Waals surface area (Å²) in [6.07, 6.45) is 9.37. The van der Waals surface area contributed by atoms with Crippen molar-refractivity contribution < 1.29 is 14.0 Å². The van der Waals surface area contributed by atoms with Gasteiger partial charge < -0.3 is 14.0 Å². The molecule has 1 atom stereocenters. The van der Waals surface area contributed by atoms with Crippen molar-refractivity contribution in [3.8, 4) is 17.3 Å². The Bertz CT molecular complexity index is 1550. The fraction of sp³-hybridized carbons (Fsp3) is 0.464. The van der Waals surface area contributed by atoms with E-state index < -0.39 is 0 Å². The first-order valence-corrected chi connectivity index (χ1v) is 13.3. The van der Waals surface area contributed by atoms with Crippen molar-refractivity contribution in [2.45, 2.75) is 76.5 Å². The zero-order valence-electron chi connectivity index (χ0n) is 22.4. The summed E-state index contributed by atoms with van der Waals surface area (Å²) in [4.78, 5) is 18.6. The van der Waals surface area contributed by atoms with Gasteiger partial charge in [-0.25, -0.2) is 24.6 Å². The first kappa shape index (κ1) is 23.7. The number of nitrogens with zero attached hydrogens (tertiary/aromatic N) is 6. The molecule has 4 aromatic rings. The maximum absolute atomic E-state index is 6.29. The molecule has 38 heavy (non-hydrogen) atoms. The third kappa shape index (κ3) is 3.65. The highest BCUT2D eigenvalue weighted by Crippen LogP contribution is 2.45. The number of aromatic nitrogens is 6. The van der Waals surface area contributed by atoms with E-state index in [1.807, 2.05) is 17.1 Å². The molecule has 1 saturated heterocycles. The fourth-order valence-corrected chi connectivity index (χ4v) is 5.59. The molecule has 2 aliphatic carbocycles. The van der Waals surface area contributed by atoms with Gasteiger partial charge in [0.2, 0.25) is 5.88 Å². The summed E-state index contributed by atoms with van der Waals surface area (Å²) in [7, 11) is 1.26. The zero-order valence-corrected chi connectivity index (χ0v) is 22.4. The molecule has 10 heteroatoms. The van der Waals surface area contributed by atoms with E-state index in [0.29, 0.717) is 17.6 Å². The Morgan fingerprint density at radius 3 is 2.53 bits per heavy atom. The van der Waals surface area contributed by atoms with E-state index in [2.05, 4.69) is 60.8 Å². The topological polar surface area (TPSA) is 97.1 Å². The Kier molecular flexibility index (Phi) is 5.19. The van der Waals surface area contributed by atoms with Gasteiger partial charge in [0.1, 0.15) is 11.9 Å². The average molecular weight is 510 g/mol. The number of ether oxygens (including phenoxy) is 1. The van der Waals surface area contributed by atoms with Gasteiger partial charge in [0.05, 0.1) is 41.6 Å². The van der Waals surface area contributed by atoms with Gasteiger partial charge in [0.25, 0.3) is 0 Å². The fourth-order valence-electron chi connectivity index (χ4n) is 5.59.